The second-order valence-corrected chi connectivity index (χ2v) is 4.05. The van der Waals surface area contributed by atoms with E-state index in [4.69, 9.17) is 0 Å². The number of rotatable bonds is 2. The van der Waals surface area contributed by atoms with Crippen molar-refractivity contribution in [1.29, 1.82) is 0 Å². The molecule has 0 aliphatic heterocycles. The highest BCUT2D eigenvalue weighted by Crippen LogP contribution is 2.17. The van der Waals surface area contributed by atoms with E-state index in [1.807, 2.05) is 12.3 Å². The Kier molecular flexibility index (Phi) is 3.17. The molecule has 12 heavy (non-hydrogen) atoms. The fourth-order valence-corrected chi connectivity index (χ4v) is 1.88. The molecule has 0 radical (unpaired) electrons. The Balaban J connectivity index is 2.64. The molecular weight excluding hydrogens is 190 g/mol. The van der Waals surface area contributed by atoms with Crippen LogP contribution in [0, 0.1) is 6.92 Å². The molecule has 0 bridgehead atoms. The molecule has 2 nitrogen and oxygen atoms in total. The summed E-state index contributed by atoms with van der Waals surface area (Å²) < 4.78 is 0. The zero-order valence-corrected chi connectivity index (χ0v) is 8.78. The first-order valence-electron chi connectivity index (χ1n) is 3.58. The maximum atomic E-state index is 10.8. The number of hydrogen-bond acceptors (Lipinski definition) is 2. The van der Waals surface area contributed by atoms with Gasteiger partial charge in [-0.05, 0) is 23.9 Å². The van der Waals surface area contributed by atoms with Crippen LogP contribution in [-0.2, 0) is 6.54 Å². The molecule has 0 spiro atoms. The molecule has 0 saturated heterocycles. The lowest BCUT2D eigenvalue weighted by atomic mass is 10.3. The fourth-order valence-electron chi connectivity index (χ4n) is 0.849. The van der Waals surface area contributed by atoms with E-state index in [0.717, 1.165) is 0 Å². The molecule has 1 aromatic heterocycles. The van der Waals surface area contributed by atoms with E-state index in [2.05, 4.69) is 18.7 Å². The van der Waals surface area contributed by atoms with E-state index >= 15 is 0 Å². The smallest absolute Gasteiger partial charge is 0.278 e. The third kappa shape index (κ3) is 2.25. The van der Waals surface area contributed by atoms with Crippen LogP contribution >= 0.6 is 24.0 Å². The number of thiol groups is 1. The summed E-state index contributed by atoms with van der Waals surface area (Å²) in [6, 6.07) is 2.05. The average Bonchev–Trinajstić information content (AvgIpc) is 2.36. The van der Waals surface area contributed by atoms with Crippen molar-refractivity contribution in [2.24, 2.45) is 0 Å². The number of thiophene rings is 1. The Labute approximate surface area is 81.6 Å². The lowest BCUT2D eigenvalue weighted by Gasteiger charge is -2.12. The Morgan fingerprint density at radius 2 is 2.42 bits per heavy atom. The van der Waals surface area contributed by atoms with Gasteiger partial charge in [-0.3, -0.25) is 4.79 Å². The first-order chi connectivity index (χ1) is 5.61. The topological polar surface area (TPSA) is 20.3 Å². The van der Waals surface area contributed by atoms with Gasteiger partial charge in [0.05, 0.1) is 6.54 Å². The normalized spacial score (nSPS) is 9.92. The highest BCUT2D eigenvalue weighted by Gasteiger charge is 2.06. The van der Waals surface area contributed by atoms with E-state index in [1.165, 1.54) is 10.4 Å². The van der Waals surface area contributed by atoms with Crippen molar-refractivity contribution >= 4 is 29.2 Å². The Bertz CT molecular complexity index is 282. The second kappa shape index (κ2) is 3.96. The molecule has 0 N–H and O–H groups in total. The van der Waals surface area contributed by atoms with Gasteiger partial charge in [-0.2, -0.15) is 0 Å². The predicted molar refractivity (Wildman–Crippen MR) is 54.9 cm³/mol. The van der Waals surface area contributed by atoms with Crippen LogP contribution in [0.4, 0.5) is 4.79 Å². The molecule has 0 aliphatic carbocycles. The maximum Gasteiger partial charge on any atom is 0.278 e. The highest BCUT2D eigenvalue weighted by atomic mass is 32.1. The van der Waals surface area contributed by atoms with Crippen LogP contribution in [0.25, 0.3) is 0 Å². The molecule has 0 aromatic carbocycles. The summed E-state index contributed by atoms with van der Waals surface area (Å²) in [7, 11) is 1.74. The third-order valence-corrected chi connectivity index (χ3v) is 3.02. The zero-order chi connectivity index (χ0) is 9.14. The summed E-state index contributed by atoms with van der Waals surface area (Å²) >= 11 is 5.40. The quantitative estimate of drug-likeness (QED) is 0.729. The summed E-state index contributed by atoms with van der Waals surface area (Å²) in [5.41, 5.74) is 1.24. The second-order valence-electron chi connectivity index (χ2n) is 2.67. The Hall–Kier alpha value is -0.480. The van der Waals surface area contributed by atoms with Crippen molar-refractivity contribution in [3.63, 3.8) is 0 Å². The molecular formula is C8H11NOS2. The molecule has 4 heteroatoms. The Morgan fingerprint density at radius 1 is 1.75 bits per heavy atom. The zero-order valence-electron chi connectivity index (χ0n) is 7.07. The van der Waals surface area contributed by atoms with Crippen molar-refractivity contribution in [3.8, 4) is 0 Å². The van der Waals surface area contributed by atoms with Gasteiger partial charge in [0, 0.05) is 11.9 Å². The minimum atomic E-state index is -0.192. The lowest BCUT2D eigenvalue weighted by Crippen LogP contribution is -2.19. The highest BCUT2D eigenvalue weighted by molar-refractivity contribution is 7.96. The number of aryl methyl sites for hydroxylation is 1. The standard InChI is InChI=1S/C8H11NOS2/c1-6-3-4-12-7(6)5-9(2)8(10)11/h3-4H,5H2,1-2H3,(H,10,11). The van der Waals surface area contributed by atoms with Gasteiger partial charge in [0.1, 0.15) is 0 Å². The molecule has 1 aromatic rings. The minimum Gasteiger partial charge on any atom is -0.332 e. The van der Waals surface area contributed by atoms with E-state index in [0.29, 0.717) is 6.54 Å². The summed E-state index contributed by atoms with van der Waals surface area (Å²) in [5.74, 6) is 0. The van der Waals surface area contributed by atoms with Crippen LogP contribution < -0.4 is 0 Å². The van der Waals surface area contributed by atoms with Gasteiger partial charge in [-0.1, -0.05) is 12.6 Å². The lowest BCUT2D eigenvalue weighted by molar-refractivity contribution is 0.232. The molecule has 0 aliphatic rings. The SMILES string of the molecule is Cc1ccsc1CN(C)C(=O)S. The number of carbonyl (C=O) groups excluding carboxylic acids is 1. The summed E-state index contributed by atoms with van der Waals surface area (Å²) in [6.45, 7) is 2.70. The minimum absolute atomic E-state index is 0.192. The fraction of sp³-hybridized carbons (Fsp3) is 0.375. The van der Waals surface area contributed by atoms with Crippen molar-refractivity contribution in [3.05, 3.63) is 21.9 Å². The van der Waals surface area contributed by atoms with Crippen LogP contribution in [0.1, 0.15) is 10.4 Å². The summed E-state index contributed by atoms with van der Waals surface area (Å²) in [5, 5.41) is 1.84. The van der Waals surface area contributed by atoms with Gasteiger partial charge in [-0.25, -0.2) is 0 Å². The number of hydrogen-bond donors (Lipinski definition) is 1. The number of carbonyl (C=O) groups is 1. The van der Waals surface area contributed by atoms with E-state index in [1.54, 1.807) is 23.3 Å². The largest absolute Gasteiger partial charge is 0.332 e. The van der Waals surface area contributed by atoms with Crippen LogP contribution in [0.2, 0.25) is 0 Å². The van der Waals surface area contributed by atoms with E-state index < -0.39 is 0 Å². The predicted octanol–water partition coefficient (Wildman–Crippen LogP) is 2.54. The summed E-state index contributed by atoms with van der Waals surface area (Å²) in [6.07, 6.45) is 0. The van der Waals surface area contributed by atoms with Crippen molar-refractivity contribution < 1.29 is 4.79 Å². The van der Waals surface area contributed by atoms with Gasteiger partial charge in [0.15, 0.2) is 0 Å². The van der Waals surface area contributed by atoms with Crippen LogP contribution in [0.5, 0.6) is 0 Å². The van der Waals surface area contributed by atoms with Gasteiger partial charge < -0.3 is 4.90 Å². The molecule has 66 valence electrons. The number of nitrogens with zero attached hydrogens (tertiary/aromatic N) is 1. The Morgan fingerprint density at radius 3 is 2.83 bits per heavy atom. The van der Waals surface area contributed by atoms with Crippen LogP contribution in [-0.4, -0.2) is 17.2 Å². The van der Waals surface area contributed by atoms with E-state index in [-0.39, 0.29) is 5.24 Å². The first kappa shape index (κ1) is 9.61. The molecule has 0 atom stereocenters. The third-order valence-electron chi connectivity index (χ3n) is 1.68. The van der Waals surface area contributed by atoms with Gasteiger partial charge in [0.25, 0.3) is 5.24 Å². The molecule has 0 saturated carbocycles. The van der Waals surface area contributed by atoms with Gasteiger partial charge in [-0.15, -0.1) is 11.3 Å². The van der Waals surface area contributed by atoms with Gasteiger partial charge >= 0.3 is 0 Å². The van der Waals surface area contributed by atoms with Gasteiger partial charge in [0.2, 0.25) is 0 Å². The van der Waals surface area contributed by atoms with Crippen molar-refractivity contribution in [1.82, 2.24) is 4.90 Å². The van der Waals surface area contributed by atoms with Crippen LogP contribution in [0.3, 0.4) is 0 Å². The first-order valence-corrected chi connectivity index (χ1v) is 4.91. The average molecular weight is 201 g/mol. The molecule has 0 fully saturated rings. The van der Waals surface area contributed by atoms with E-state index in [9.17, 15) is 4.79 Å². The molecule has 1 rings (SSSR count). The van der Waals surface area contributed by atoms with Crippen molar-refractivity contribution in [2.75, 3.05) is 7.05 Å². The summed E-state index contributed by atoms with van der Waals surface area (Å²) in [4.78, 5) is 13.6. The maximum absolute atomic E-state index is 10.8. The number of amides is 1. The van der Waals surface area contributed by atoms with Crippen LogP contribution in [0.15, 0.2) is 11.4 Å². The molecule has 1 heterocycles. The monoisotopic (exact) mass is 201 g/mol. The molecule has 1 amide bonds. The van der Waals surface area contributed by atoms with Crippen molar-refractivity contribution in [2.45, 2.75) is 13.5 Å². The molecule has 0 unspecified atom stereocenters.